The fraction of sp³-hybridized carbons (Fsp3) is 0. The van der Waals surface area contributed by atoms with E-state index < -0.39 is 11.2 Å². The number of nitrogens with zero attached hydrogens (tertiary/aromatic N) is 1. The van der Waals surface area contributed by atoms with Crippen molar-refractivity contribution in [3.8, 4) is 0 Å². The molecule has 0 atom stereocenters. The summed E-state index contributed by atoms with van der Waals surface area (Å²) in [5.41, 5.74) is -0.957. The van der Waals surface area contributed by atoms with Crippen LogP contribution in [0.4, 0.5) is 0 Å². The second-order valence-electron chi connectivity index (χ2n) is 1.94. The number of H-pyrrole nitrogens is 2. The summed E-state index contributed by atoms with van der Waals surface area (Å²) in [6, 6.07) is 0. The molecule has 2 rings (SSSR count). The smallest absolute Gasteiger partial charge is 0.327 e. The lowest BCUT2D eigenvalue weighted by Crippen LogP contribution is -2.21. The topological polar surface area (TPSA) is 91.8 Å². The van der Waals surface area contributed by atoms with Crippen LogP contribution in [0.3, 0.4) is 0 Å². The maximum absolute atomic E-state index is 10.9. The number of aromatic amines is 2. The maximum Gasteiger partial charge on any atom is 0.327 e. The van der Waals surface area contributed by atoms with E-state index in [-0.39, 0.29) is 11.2 Å². The van der Waals surface area contributed by atoms with E-state index in [1.165, 1.54) is 0 Å². The number of hydrogen-bond acceptors (Lipinski definition) is 4. The predicted octanol–water partition coefficient (Wildman–Crippen LogP) is -0.796. The fourth-order valence-corrected chi connectivity index (χ4v) is 0.795. The largest absolute Gasteiger partial charge is 0.436 e. The molecule has 0 radical (unpaired) electrons. The Balaban J connectivity index is 3.15. The van der Waals surface area contributed by atoms with Crippen LogP contribution in [0.15, 0.2) is 20.4 Å². The zero-order valence-corrected chi connectivity index (χ0v) is 5.25. The van der Waals surface area contributed by atoms with Crippen LogP contribution in [0.25, 0.3) is 11.2 Å². The highest BCUT2D eigenvalue weighted by Gasteiger charge is 2.02. The van der Waals surface area contributed by atoms with Crippen LogP contribution in [0.2, 0.25) is 0 Å². The molecule has 0 spiro atoms. The Hall–Kier alpha value is -1.85. The van der Waals surface area contributed by atoms with E-state index in [2.05, 4.69) is 14.4 Å². The summed E-state index contributed by atoms with van der Waals surface area (Å²) in [7, 11) is 0. The van der Waals surface area contributed by atoms with Gasteiger partial charge >= 0.3 is 5.69 Å². The first kappa shape index (κ1) is 5.90. The molecular weight excluding hydrogens is 150 g/mol. The molecule has 2 aromatic heterocycles. The molecule has 6 heteroatoms. The lowest BCUT2D eigenvalue weighted by atomic mass is 10.6. The van der Waals surface area contributed by atoms with Crippen molar-refractivity contribution in [1.82, 2.24) is 15.0 Å². The third kappa shape index (κ3) is 0.759. The SMILES string of the molecule is O=c1[nH]c(=O)c2ocnc2[nH]1. The fourth-order valence-electron chi connectivity index (χ4n) is 0.795. The van der Waals surface area contributed by atoms with Crippen LogP contribution in [-0.2, 0) is 0 Å². The van der Waals surface area contributed by atoms with Gasteiger partial charge in [0.15, 0.2) is 12.0 Å². The van der Waals surface area contributed by atoms with Crippen molar-refractivity contribution in [1.29, 1.82) is 0 Å². The van der Waals surface area contributed by atoms with Crippen molar-refractivity contribution >= 4 is 11.2 Å². The minimum Gasteiger partial charge on any atom is -0.436 e. The lowest BCUT2D eigenvalue weighted by molar-refractivity contribution is 0.597. The molecule has 0 bridgehead atoms. The molecule has 0 aliphatic rings. The molecule has 0 fully saturated rings. The molecule has 6 nitrogen and oxygen atoms in total. The summed E-state index contributed by atoms with van der Waals surface area (Å²) >= 11 is 0. The van der Waals surface area contributed by atoms with E-state index in [0.29, 0.717) is 0 Å². The van der Waals surface area contributed by atoms with Crippen LogP contribution in [0.5, 0.6) is 0 Å². The number of oxazole rings is 1. The van der Waals surface area contributed by atoms with Gasteiger partial charge in [-0.25, -0.2) is 4.79 Å². The average Bonchev–Trinajstić information content (AvgIpc) is 2.34. The highest BCUT2D eigenvalue weighted by atomic mass is 16.3. The highest BCUT2D eigenvalue weighted by Crippen LogP contribution is 1.97. The second-order valence-corrected chi connectivity index (χ2v) is 1.94. The number of hydrogen-bond donors (Lipinski definition) is 2. The molecule has 11 heavy (non-hydrogen) atoms. The average molecular weight is 153 g/mol. The van der Waals surface area contributed by atoms with Gasteiger partial charge in [-0.3, -0.25) is 14.8 Å². The molecule has 56 valence electrons. The van der Waals surface area contributed by atoms with Crippen LogP contribution in [0, 0.1) is 0 Å². The van der Waals surface area contributed by atoms with E-state index in [1.807, 2.05) is 4.98 Å². The summed E-state index contributed by atoms with van der Waals surface area (Å²) in [6.45, 7) is 0. The van der Waals surface area contributed by atoms with E-state index in [1.54, 1.807) is 0 Å². The Morgan fingerprint density at radius 1 is 1.36 bits per heavy atom. The molecule has 2 aromatic rings. The molecule has 2 N–H and O–H groups in total. The number of nitrogens with one attached hydrogen (secondary N) is 2. The van der Waals surface area contributed by atoms with Crippen molar-refractivity contribution in [3.05, 3.63) is 27.2 Å². The van der Waals surface area contributed by atoms with E-state index in [4.69, 9.17) is 0 Å². The van der Waals surface area contributed by atoms with Gasteiger partial charge in [-0.05, 0) is 0 Å². The Morgan fingerprint density at radius 3 is 3.00 bits per heavy atom. The Morgan fingerprint density at radius 2 is 2.18 bits per heavy atom. The standard InChI is InChI=1S/C5H3N3O3/c9-4-2-3(6-1-11-2)7-5(10)8-4/h1H,(H2,7,8,9,10). The van der Waals surface area contributed by atoms with Crippen molar-refractivity contribution < 1.29 is 4.42 Å². The third-order valence-electron chi connectivity index (χ3n) is 1.23. The van der Waals surface area contributed by atoms with Gasteiger partial charge in [0.25, 0.3) is 5.56 Å². The summed E-state index contributed by atoms with van der Waals surface area (Å²) in [4.78, 5) is 29.4. The van der Waals surface area contributed by atoms with Crippen LogP contribution in [0.1, 0.15) is 0 Å². The van der Waals surface area contributed by atoms with Gasteiger partial charge in [0.05, 0.1) is 0 Å². The first-order valence-electron chi connectivity index (χ1n) is 2.83. The Kier molecular flexibility index (Phi) is 0.974. The number of fused-ring (bicyclic) bond motifs is 1. The first-order valence-corrected chi connectivity index (χ1v) is 2.83. The van der Waals surface area contributed by atoms with Gasteiger partial charge in [-0.2, -0.15) is 4.98 Å². The van der Waals surface area contributed by atoms with Gasteiger partial charge in [0.1, 0.15) is 0 Å². The summed E-state index contributed by atoms with van der Waals surface area (Å²) < 4.78 is 4.68. The Bertz CT molecular complexity index is 491. The van der Waals surface area contributed by atoms with Crippen molar-refractivity contribution in [2.45, 2.75) is 0 Å². The van der Waals surface area contributed by atoms with E-state index in [0.717, 1.165) is 6.39 Å². The molecule has 0 aliphatic heterocycles. The van der Waals surface area contributed by atoms with Crippen LogP contribution in [-0.4, -0.2) is 15.0 Å². The van der Waals surface area contributed by atoms with Gasteiger partial charge in [-0.15, -0.1) is 0 Å². The zero-order valence-electron chi connectivity index (χ0n) is 5.25. The minimum atomic E-state index is -0.587. The van der Waals surface area contributed by atoms with Crippen molar-refractivity contribution in [2.75, 3.05) is 0 Å². The molecule has 0 aromatic carbocycles. The quantitative estimate of drug-likeness (QED) is 0.518. The van der Waals surface area contributed by atoms with Crippen LogP contribution >= 0.6 is 0 Å². The molecule has 0 saturated heterocycles. The maximum atomic E-state index is 10.9. The molecule has 0 aliphatic carbocycles. The second kappa shape index (κ2) is 1.82. The number of rotatable bonds is 0. The van der Waals surface area contributed by atoms with Gasteiger partial charge in [0.2, 0.25) is 5.58 Å². The number of aromatic nitrogens is 3. The monoisotopic (exact) mass is 153 g/mol. The molecular formula is C5H3N3O3. The van der Waals surface area contributed by atoms with Crippen molar-refractivity contribution in [2.24, 2.45) is 0 Å². The molecule has 2 heterocycles. The molecule has 0 amide bonds. The Labute approximate surface area is 58.9 Å². The zero-order chi connectivity index (χ0) is 7.84. The first-order chi connectivity index (χ1) is 5.27. The molecule has 0 unspecified atom stereocenters. The normalized spacial score (nSPS) is 10.5. The predicted molar refractivity (Wildman–Crippen MR) is 35.3 cm³/mol. The highest BCUT2D eigenvalue weighted by molar-refractivity contribution is 5.64. The van der Waals surface area contributed by atoms with Gasteiger partial charge in [-0.1, -0.05) is 0 Å². The van der Waals surface area contributed by atoms with Crippen LogP contribution < -0.4 is 11.2 Å². The summed E-state index contributed by atoms with van der Waals surface area (Å²) in [6.07, 6.45) is 1.09. The minimum absolute atomic E-state index is 0.0320. The molecule has 0 saturated carbocycles. The lowest BCUT2D eigenvalue weighted by Gasteiger charge is -1.81. The summed E-state index contributed by atoms with van der Waals surface area (Å²) in [5, 5.41) is 0. The summed E-state index contributed by atoms with van der Waals surface area (Å²) in [5.74, 6) is 0. The van der Waals surface area contributed by atoms with Crippen molar-refractivity contribution in [3.63, 3.8) is 0 Å². The van der Waals surface area contributed by atoms with E-state index >= 15 is 0 Å². The third-order valence-corrected chi connectivity index (χ3v) is 1.23. The van der Waals surface area contributed by atoms with E-state index in [9.17, 15) is 9.59 Å². The van der Waals surface area contributed by atoms with Gasteiger partial charge < -0.3 is 4.42 Å². The van der Waals surface area contributed by atoms with Gasteiger partial charge in [0, 0.05) is 0 Å².